The molecular weight excluding hydrogens is 286 g/mol. The first-order valence-electron chi connectivity index (χ1n) is 6.94. The van der Waals surface area contributed by atoms with E-state index in [1.807, 2.05) is 12.1 Å². The molecule has 0 aromatic heterocycles. The number of carbonyl (C=O) groups is 3. The highest BCUT2D eigenvalue weighted by Crippen LogP contribution is 2.14. The van der Waals surface area contributed by atoms with Crippen molar-refractivity contribution >= 4 is 17.8 Å². The molecule has 0 bridgehead atoms. The van der Waals surface area contributed by atoms with Gasteiger partial charge in [0.1, 0.15) is 6.04 Å². The van der Waals surface area contributed by atoms with E-state index in [9.17, 15) is 14.4 Å². The fraction of sp³-hybridized carbons (Fsp3) is 0.438. The molecular formula is C16H21NO5. The summed E-state index contributed by atoms with van der Waals surface area (Å²) in [5, 5.41) is 2.48. The normalized spacial score (nSPS) is 11.7. The Kier molecular flexibility index (Phi) is 6.56. The second-order valence-corrected chi connectivity index (χ2v) is 5.11. The van der Waals surface area contributed by atoms with Crippen molar-refractivity contribution in [2.24, 2.45) is 0 Å². The molecule has 0 radical (unpaired) electrons. The van der Waals surface area contributed by atoms with Crippen LogP contribution in [0.1, 0.15) is 42.1 Å². The number of nitrogens with one attached hydrogen (secondary N) is 1. The molecule has 0 aliphatic carbocycles. The quantitative estimate of drug-likeness (QED) is 0.808. The molecule has 1 aromatic carbocycles. The van der Waals surface area contributed by atoms with Crippen LogP contribution in [0, 0.1) is 0 Å². The van der Waals surface area contributed by atoms with E-state index in [0.717, 1.165) is 5.56 Å². The van der Waals surface area contributed by atoms with Gasteiger partial charge in [0.2, 0.25) is 0 Å². The Labute approximate surface area is 129 Å². The molecule has 6 nitrogen and oxygen atoms in total. The molecule has 0 saturated carbocycles. The van der Waals surface area contributed by atoms with Crippen molar-refractivity contribution in [2.75, 3.05) is 14.2 Å². The van der Waals surface area contributed by atoms with E-state index in [-0.39, 0.29) is 6.42 Å². The predicted molar refractivity (Wildman–Crippen MR) is 80.4 cm³/mol. The molecule has 1 unspecified atom stereocenters. The highest BCUT2D eigenvalue weighted by molar-refractivity contribution is 5.97. The van der Waals surface area contributed by atoms with Gasteiger partial charge in [0, 0.05) is 5.56 Å². The molecule has 0 spiro atoms. The van der Waals surface area contributed by atoms with Crippen LogP contribution < -0.4 is 5.32 Å². The number of methoxy groups -OCH3 is 2. The third kappa shape index (κ3) is 4.87. The summed E-state index contributed by atoms with van der Waals surface area (Å²) in [6, 6.07) is 5.99. The van der Waals surface area contributed by atoms with E-state index in [1.54, 1.807) is 12.1 Å². The minimum absolute atomic E-state index is 0.279. The fourth-order valence-electron chi connectivity index (χ4n) is 1.85. The molecule has 6 heteroatoms. The first kappa shape index (κ1) is 17.7. The van der Waals surface area contributed by atoms with E-state index in [1.165, 1.54) is 14.2 Å². The number of carbonyl (C=O) groups excluding carboxylic acids is 3. The molecule has 0 aliphatic heterocycles. The van der Waals surface area contributed by atoms with Crippen LogP contribution in [-0.2, 0) is 19.1 Å². The molecule has 1 N–H and O–H groups in total. The lowest BCUT2D eigenvalue weighted by molar-refractivity contribution is -0.149. The first-order chi connectivity index (χ1) is 10.4. The van der Waals surface area contributed by atoms with Crippen LogP contribution in [0.2, 0.25) is 0 Å². The third-order valence-corrected chi connectivity index (χ3v) is 3.23. The zero-order valence-corrected chi connectivity index (χ0v) is 13.2. The van der Waals surface area contributed by atoms with Gasteiger partial charge in [-0.2, -0.15) is 0 Å². The van der Waals surface area contributed by atoms with Crippen molar-refractivity contribution < 1.29 is 23.9 Å². The minimum atomic E-state index is -1.07. The topological polar surface area (TPSA) is 81.7 Å². The molecule has 1 amide bonds. The van der Waals surface area contributed by atoms with E-state index in [2.05, 4.69) is 28.6 Å². The number of ether oxygens (including phenoxy) is 2. The predicted octanol–water partition coefficient (Wildman–Crippen LogP) is 1.64. The molecule has 0 heterocycles. The maximum absolute atomic E-state index is 12.2. The van der Waals surface area contributed by atoms with E-state index in [4.69, 9.17) is 0 Å². The molecule has 22 heavy (non-hydrogen) atoms. The second-order valence-electron chi connectivity index (χ2n) is 5.11. The Morgan fingerprint density at radius 1 is 1.05 bits per heavy atom. The number of esters is 2. The zero-order chi connectivity index (χ0) is 16.7. The van der Waals surface area contributed by atoms with Gasteiger partial charge in [-0.3, -0.25) is 9.59 Å². The van der Waals surface area contributed by atoms with Gasteiger partial charge >= 0.3 is 11.9 Å². The maximum atomic E-state index is 12.2. The number of benzene rings is 1. The van der Waals surface area contributed by atoms with Gasteiger partial charge in [-0.1, -0.05) is 26.0 Å². The van der Waals surface area contributed by atoms with Gasteiger partial charge < -0.3 is 14.8 Å². The van der Waals surface area contributed by atoms with Crippen molar-refractivity contribution in [1.82, 2.24) is 5.32 Å². The highest BCUT2D eigenvalue weighted by atomic mass is 16.5. The minimum Gasteiger partial charge on any atom is -0.469 e. The average Bonchev–Trinajstić information content (AvgIpc) is 2.53. The molecule has 0 fully saturated rings. The van der Waals surface area contributed by atoms with Gasteiger partial charge in [0.25, 0.3) is 5.91 Å². The van der Waals surface area contributed by atoms with Crippen LogP contribution >= 0.6 is 0 Å². The summed E-state index contributed by atoms with van der Waals surface area (Å²) < 4.78 is 9.09. The lowest BCUT2D eigenvalue weighted by Gasteiger charge is -2.15. The van der Waals surface area contributed by atoms with Gasteiger partial charge in [-0.15, -0.1) is 0 Å². The SMILES string of the molecule is COC(=O)CC(NC(=O)c1ccc(C(C)C)cc1)C(=O)OC. The molecule has 1 atom stereocenters. The Morgan fingerprint density at radius 2 is 1.64 bits per heavy atom. The van der Waals surface area contributed by atoms with Crippen molar-refractivity contribution in [2.45, 2.75) is 32.2 Å². The smallest absolute Gasteiger partial charge is 0.328 e. The van der Waals surface area contributed by atoms with E-state index in [0.29, 0.717) is 11.5 Å². The van der Waals surface area contributed by atoms with E-state index >= 15 is 0 Å². The van der Waals surface area contributed by atoms with Crippen molar-refractivity contribution in [3.05, 3.63) is 35.4 Å². The Hall–Kier alpha value is -2.37. The molecule has 0 saturated heterocycles. The lowest BCUT2D eigenvalue weighted by Crippen LogP contribution is -2.43. The maximum Gasteiger partial charge on any atom is 0.328 e. The molecule has 1 rings (SSSR count). The highest BCUT2D eigenvalue weighted by Gasteiger charge is 2.25. The number of hydrogen-bond donors (Lipinski definition) is 1. The molecule has 1 aromatic rings. The van der Waals surface area contributed by atoms with Crippen LogP contribution in [-0.4, -0.2) is 38.1 Å². The third-order valence-electron chi connectivity index (χ3n) is 3.23. The number of hydrogen-bond acceptors (Lipinski definition) is 5. The van der Waals surface area contributed by atoms with Gasteiger partial charge in [0.15, 0.2) is 0 Å². The van der Waals surface area contributed by atoms with Crippen LogP contribution in [0.3, 0.4) is 0 Å². The van der Waals surface area contributed by atoms with Crippen LogP contribution in [0.15, 0.2) is 24.3 Å². The van der Waals surface area contributed by atoms with Crippen LogP contribution in [0.25, 0.3) is 0 Å². The van der Waals surface area contributed by atoms with Crippen molar-refractivity contribution in [3.63, 3.8) is 0 Å². The Morgan fingerprint density at radius 3 is 2.09 bits per heavy atom. The van der Waals surface area contributed by atoms with Crippen molar-refractivity contribution in [3.8, 4) is 0 Å². The molecule has 120 valence electrons. The van der Waals surface area contributed by atoms with Crippen molar-refractivity contribution in [1.29, 1.82) is 0 Å². The van der Waals surface area contributed by atoms with Gasteiger partial charge in [-0.25, -0.2) is 4.79 Å². The summed E-state index contributed by atoms with van der Waals surface area (Å²) in [6.07, 6.45) is -0.279. The number of amides is 1. The number of rotatable bonds is 6. The largest absolute Gasteiger partial charge is 0.469 e. The summed E-state index contributed by atoms with van der Waals surface area (Å²) in [5.74, 6) is -1.39. The van der Waals surface area contributed by atoms with Crippen LogP contribution in [0.4, 0.5) is 0 Å². The summed E-state index contributed by atoms with van der Waals surface area (Å²) in [5.41, 5.74) is 1.51. The summed E-state index contributed by atoms with van der Waals surface area (Å²) >= 11 is 0. The fourth-order valence-corrected chi connectivity index (χ4v) is 1.85. The first-order valence-corrected chi connectivity index (χ1v) is 6.94. The van der Waals surface area contributed by atoms with E-state index < -0.39 is 23.9 Å². The lowest BCUT2D eigenvalue weighted by atomic mass is 10.0. The summed E-state index contributed by atoms with van der Waals surface area (Å²) in [7, 11) is 2.40. The summed E-state index contributed by atoms with van der Waals surface area (Å²) in [4.78, 5) is 35.1. The van der Waals surface area contributed by atoms with Gasteiger partial charge in [0.05, 0.1) is 20.6 Å². The van der Waals surface area contributed by atoms with Crippen LogP contribution in [0.5, 0.6) is 0 Å². The van der Waals surface area contributed by atoms with Gasteiger partial charge in [-0.05, 0) is 23.6 Å². The Balaban J connectivity index is 2.81. The second kappa shape index (κ2) is 8.17. The molecule has 0 aliphatic rings. The summed E-state index contributed by atoms with van der Waals surface area (Å²) in [6.45, 7) is 4.11. The monoisotopic (exact) mass is 307 g/mol. The average molecular weight is 307 g/mol. The Bertz CT molecular complexity index is 536. The standard InChI is InChI=1S/C16H21NO5/c1-10(2)11-5-7-12(8-6-11)15(19)17-13(16(20)22-4)9-14(18)21-3/h5-8,10,13H,9H2,1-4H3,(H,17,19). The zero-order valence-electron chi connectivity index (χ0n) is 13.2.